The van der Waals surface area contributed by atoms with Crippen LogP contribution in [0.1, 0.15) is 24.8 Å². The van der Waals surface area contributed by atoms with E-state index in [2.05, 4.69) is 12.2 Å². The molecule has 2 rings (SSSR count). The molecule has 1 aliphatic rings. The maximum atomic E-state index is 13.0. The third-order valence-corrected chi connectivity index (χ3v) is 2.90. The molecule has 2 unspecified atom stereocenters. The Hall–Kier alpha value is -0.670. The van der Waals surface area contributed by atoms with E-state index in [1.54, 1.807) is 6.07 Å². The molecule has 0 radical (unpaired) electrons. The smallest absolute Gasteiger partial charge is 0.159 e. The van der Waals surface area contributed by atoms with Crippen molar-refractivity contribution in [1.82, 2.24) is 5.32 Å². The van der Waals surface area contributed by atoms with Crippen LogP contribution in [0.4, 0.5) is 8.78 Å². The molecule has 0 aromatic heterocycles. The normalized spacial score (nSPS) is 25.0. The van der Waals surface area contributed by atoms with Gasteiger partial charge >= 0.3 is 0 Å². The van der Waals surface area contributed by atoms with E-state index in [9.17, 15) is 8.78 Å². The number of hydrogen-bond acceptors (Lipinski definition) is 1. The monoisotopic (exact) mass is 233 g/mol. The highest BCUT2D eigenvalue weighted by atomic mass is 35.5. The number of hydrogen-bond donors (Lipinski definition) is 1. The second-order valence-electron chi connectivity index (χ2n) is 3.81. The first-order valence-electron chi connectivity index (χ1n) is 4.87. The van der Waals surface area contributed by atoms with E-state index in [4.69, 9.17) is 0 Å². The van der Waals surface area contributed by atoms with Crippen LogP contribution in [-0.2, 0) is 0 Å². The van der Waals surface area contributed by atoms with Crippen molar-refractivity contribution in [2.24, 2.45) is 0 Å². The summed E-state index contributed by atoms with van der Waals surface area (Å²) in [5.74, 6) is -1.21. The summed E-state index contributed by atoms with van der Waals surface area (Å²) in [7, 11) is 0. The fourth-order valence-electron chi connectivity index (χ4n) is 2.06. The van der Waals surface area contributed by atoms with Gasteiger partial charge in [0.2, 0.25) is 0 Å². The number of nitrogens with one attached hydrogen (secondary N) is 1. The minimum Gasteiger partial charge on any atom is -0.314 e. The van der Waals surface area contributed by atoms with Crippen molar-refractivity contribution < 1.29 is 8.78 Å². The van der Waals surface area contributed by atoms with Gasteiger partial charge in [-0.25, -0.2) is 8.78 Å². The predicted octanol–water partition coefficient (Wildman–Crippen LogP) is 2.85. The van der Waals surface area contributed by atoms with Gasteiger partial charge in [-0.2, -0.15) is 0 Å². The Labute approximate surface area is 94.3 Å². The molecule has 0 spiro atoms. The van der Waals surface area contributed by atoms with Crippen LogP contribution in [0, 0.1) is 11.6 Å². The third-order valence-electron chi connectivity index (χ3n) is 2.90. The SMILES string of the molecule is CC1NCCC1c1ccc(F)c(F)c1.Cl. The van der Waals surface area contributed by atoms with E-state index >= 15 is 0 Å². The first-order valence-corrected chi connectivity index (χ1v) is 4.87. The Morgan fingerprint density at radius 3 is 2.53 bits per heavy atom. The molecule has 0 bridgehead atoms. The summed E-state index contributed by atoms with van der Waals surface area (Å²) in [4.78, 5) is 0. The molecule has 1 N–H and O–H groups in total. The van der Waals surface area contributed by atoms with Gasteiger partial charge < -0.3 is 5.32 Å². The van der Waals surface area contributed by atoms with E-state index < -0.39 is 11.6 Å². The molecule has 0 saturated carbocycles. The maximum Gasteiger partial charge on any atom is 0.159 e. The summed E-state index contributed by atoms with van der Waals surface area (Å²) in [6.45, 7) is 3.02. The van der Waals surface area contributed by atoms with Crippen LogP contribution >= 0.6 is 12.4 Å². The van der Waals surface area contributed by atoms with Crippen molar-refractivity contribution in [2.75, 3.05) is 6.54 Å². The lowest BCUT2D eigenvalue weighted by molar-refractivity contribution is 0.502. The van der Waals surface area contributed by atoms with Gasteiger partial charge in [-0.05, 0) is 37.6 Å². The molecule has 0 aliphatic carbocycles. The average Bonchev–Trinajstić information content (AvgIpc) is 2.57. The Morgan fingerprint density at radius 2 is 2.00 bits per heavy atom. The van der Waals surface area contributed by atoms with Gasteiger partial charge in [0.05, 0.1) is 0 Å². The topological polar surface area (TPSA) is 12.0 Å². The molecule has 4 heteroatoms. The van der Waals surface area contributed by atoms with Crippen LogP contribution in [0.5, 0.6) is 0 Å². The van der Waals surface area contributed by atoms with Crippen LogP contribution in [0.15, 0.2) is 18.2 Å². The van der Waals surface area contributed by atoms with Crippen LogP contribution in [-0.4, -0.2) is 12.6 Å². The highest BCUT2D eigenvalue weighted by Gasteiger charge is 2.24. The molecule has 1 fully saturated rings. The van der Waals surface area contributed by atoms with Gasteiger partial charge in [0.1, 0.15) is 0 Å². The molecule has 1 nitrogen and oxygen atoms in total. The number of benzene rings is 1. The summed E-state index contributed by atoms with van der Waals surface area (Å²) in [6.07, 6.45) is 0.992. The van der Waals surface area contributed by atoms with Gasteiger partial charge in [0.15, 0.2) is 11.6 Å². The lowest BCUT2D eigenvalue weighted by Gasteiger charge is -2.15. The fourth-order valence-corrected chi connectivity index (χ4v) is 2.06. The molecule has 1 heterocycles. The maximum absolute atomic E-state index is 13.0. The quantitative estimate of drug-likeness (QED) is 0.787. The minimum absolute atomic E-state index is 0. The van der Waals surface area contributed by atoms with Crippen LogP contribution in [0.25, 0.3) is 0 Å². The first kappa shape index (κ1) is 12.4. The average molecular weight is 234 g/mol. The van der Waals surface area contributed by atoms with Crippen molar-refractivity contribution >= 4 is 12.4 Å². The highest BCUT2D eigenvalue weighted by Crippen LogP contribution is 2.28. The number of rotatable bonds is 1. The van der Waals surface area contributed by atoms with Gasteiger partial charge in [-0.1, -0.05) is 6.07 Å². The summed E-state index contributed by atoms with van der Waals surface area (Å²) >= 11 is 0. The zero-order valence-corrected chi connectivity index (χ0v) is 9.28. The summed E-state index contributed by atoms with van der Waals surface area (Å²) < 4.78 is 25.7. The van der Waals surface area contributed by atoms with Crippen LogP contribution in [0.3, 0.4) is 0 Å². The predicted molar refractivity (Wildman–Crippen MR) is 58.4 cm³/mol. The van der Waals surface area contributed by atoms with Crippen molar-refractivity contribution in [2.45, 2.75) is 25.3 Å². The summed E-state index contributed by atoms with van der Waals surface area (Å²) in [5.41, 5.74) is 0.890. The molecule has 15 heavy (non-hydrogen) atoms. The molecule has 1 aromatic rings. The standard InChI is InChI=1S/C11H13F2N.ClH/c1-7-9(4-5-14-7)8-2-3-10(12)11(13)6-8;/h2-3,6-7,9,14H,4-5H2,1H3;1H. The zero-order chi connectivity index (χ0) is 10.1. The van der Waals surface area contributed by atoms with Crippen molar-refractivity contribution in [3.05, 3.63) is 35.4 Å². The van der Waals surface area contributed by atoms with E-state index in [-0.39, 0.29) is 12.4 Å². The largest absolute Gasteiger partial charge is 0.314 e. The van der Waals surface area contributed by atoms with Crippen LogP contribution in [0.2, 0.25) is 0 Å². The van der Waals surface area contributed by atoms with Gasteiger partial charge in [0, 0.05) is 12.0 Å². The molecular weight excluding hydrogens is 220 g/mol. The lowest BCUT2D eigenvalue weighted by atomic mass is 9.93. The summed E-state index contributed by atoms with van der Waals surface area (Å²) in [5, 5.41) is 3.29. The summed E-state index contributed by atoms with van der Waals surface area (Å²) in [6, 6.07) is 4.53. The van der Waals surface area contributed by atoms with Crippen LogP contribution < -0.4 is 5.32 Å². The van der Waals surface area contributed by atoms with E-state index in [0.717, 1.165) is 18.5 Å². The van der Waals surface area contributed by atoms with Crippen molar-refractivity contribution in [1.29, 1.82) is 0 Å². The minimum atomic E-state index is -0.771. The molecular formula is C11H14ClF2N. The van der Waals surface area contributed by atoms with Gasteiger partial charge in [-0.3, -0.25) is 0 Å². The molecule has 1 aromatic carbocycles. The third kappa shape index (κ3) is 2.47. The highest BCUT2D eigenvalue weighted by molar-refractivity contribution is 5.85. The Morgan fingerprint density at radius 1 is 1.27 bits per heavy atom. The van der Waals surface area contributed by atoms with E-state index in [1.165, 1.54) is 12.1 Å². The number of halogens is 3. The Kier molecular flexibility index (Phi) is 4.05. The van der Waals surface area contributed by atoms with Gasteiger partial charge in [0.25, 0.3) is 0 Å². The molecule has 2 atom stereocenters. The van der Waals surface area contributed by atoms with Crippen molar-refractivity contribution in [3.8, 4) is 0 Å². The second kappa shape index (κ2) is 4.90. The fraction of sp³-hybridized carbons (Fsp3) is 0.455. The Bertz CT molecular complexity index is 343. The van der Waals surface area contributed by atoms with Crippen molar-refractivity contribution in [3.63, 3.8) is 0 Å². The molecule has 84 valence electrons. The molecule has 1 aliphatic heterocycles. The Balaban J connectivity index is 0.00000112. The molecule has 1 saturated heterocycles. The second-order valence-corrected chi connectivity index (χ2v) is 3.81. The first-order chi connectivity index (χ1) is 6.68. The molecule has 0 amide bonds. The van der Waals surface area contributed by atoms with E-state index in [0.29, 0.717) is 12.0 Å². The van der Waals surface area contributed by atoms with Gasteiger partial charge in [-0.15, -0.1) is 12.4 Å². The zero-order valence-electron chi connectivity index (χ0n) is 8.47. The lowest BCUT2D eigenvalue weighted by Crippen LogP contribution is -2.21. The van der Waals surface area contributed by atoms with E-state index in [1.807, 2.05) is 0 Å².